The van der Waals surface area contributed by atoms with Crippen LogP contribution in [0.1, 0.15) is 40.0 Å². The summed E-state index contributed by atoms with van der Waals surface area (Å²) in [5.74, 6) is 0.418. The normalized spacial score (nSPS) is 11.7. The molecule has 0 aliphatic heterocycles. The average Bonchev–Trinajstić information content (AvgIpc) is 3.36. The molecule has 0 spiro atoms. The molecule has 0 radical (unpaired) electrons. The molecule has 41 heavy (non-hydrogen) atoms. The Kier molecular flexibility index (Phi) is 8.60. The molecule has 0 saturated heterocycles. The molecule has 1 heterocycles. The van der Waals surface area contributed by atoms with Crippen molar-refractivity contribution in [2.75, 3.05) is 5.32 Å². The molecule has 2 N–H and O–H groups in total. The standard InChI is InChI=1S/C33H31N5O2S/c1-22-11-10-16-27(21-22)32(40)34-28-19-17-26(18-20-28)30-36-37-33(38(30)3)41-23(2)31(39)35-29(24-12-6-4-7-13-24)25-14-8-5-9-15-25/h4-21,23,29H,1-3H3,(H,34,40)(H,35,39). The van der Waals surface area contributed by atoms with Crippen LogP contribution in [-0.2, 0) is 11.8 Å². The number of aryl methyl sites for hydroxylation is 1. The number of hydrogen-bond donors (Lipinski definition) is 2. The van der Waals surface area contributed by atoms with Crippen LogP contribution in [0.5, 0.6) is 0 Å². The SMILES string of the molecule is Cc1cccc(C(=O)Nc2ccc(-c3nnc(SC(C)C(=O)NC(c4ccccc4)c4ccccc4)n3C)cc2)c1. The highest BCUT2D eigenvalue weighted by atomic mass is 32.2. The van der Waals surface area contributed by atoms with Crippen molar-refractivity contribution in [2.45, 2.75) is 30.3 Å². The molecule has 1 aromatic heterocycles. The summed E-state index contributed by atoms with van der Waals surface area (Å²) in [6, 6.07) is 34.6. The zero-order chi connectivity index (χ0) is 28.8. The van der Waals surface area contributed by atoms with Crippen LogP contribution in [0.25, 0.3) is 11.4 Å². The van der Waals surface area contributed by atoms with Gasteiger partial charge in [0.1, 0.15) is 0 Å². The van der Waals surface area contributed by atoms with E-state index in [1.165, 1.54) is 11.8 Å². The number of thioether (sulfide) groups is 1. The van der Waals surface area contributed by atoms with Crippen molar-refractivity contribution in [2.24, 2.45) is 7.05 Å². The second-order valence-corrected chi connectivity index (χ2v) is 11.1. The quantitative estimate of drug-likeness (QED) is 0.203. The van der Waals surface area contributed by atoms with Gasteiger partial charge in [-0.1, -0.05) is 90.1 Å². The number of hydrogen-bond acceptors (Lipinski definition) is 5. The first-order valence-corrected chi connectivity index (χ1v) is 14.2. The van der Waals surface area contributed by atoms with Crippen LogP contribution in [0, 0.1) is 6.92 Å². The molecule has 0 saturated carbocycles. The maximum absolute atomic E-state index is 13.3. The van der Waals surface area contributed by atoms with E-state index >= 15 is 0 Å². The van der Waals surface area contributed by atoms with Crippen molar-refractivity contribution >= 4 is 29.3 Å². The number of anilines is 1. The number of carbonyl (C=O) groups excluding carboxylic acids is 2. The van der Waals surface area contributed by atoms with Crippen LogP contribution >= 0.6 is 11.8 Å². The summed E-state index contributed by atoms with van der Waals surface area (Å²) in [4.78, 5) is 25.9. The fraction of sp³-hybridized carbons (Fsp3) is 0.152. The predicted octanol–water partition coefficient (Wildman–Crippen LogP) is 6.43. The highest BCUT2D eigenvalue weighted by molar-refractivity contribution is 8.00. The molecule has 0 bridgehead atoms. The Labute approximate surface area is 244 Å². The van der Waals surface area contributed by atoms with Gasteiger partial charge in [-0.05, 0) is 61.4 Å². The Morgan fingerprint density at radius 3 is 2.05 bits per heavy atom. The first kappa shape index (κ1) is 27.9. The second-order valence-electron chi connectivity index (χ2n) is 9.79. The minimum Gasteiger partial charge on any atom is -0.344 e. The third-order valence-corrected chi connectivity index (χ3v) is 7.85. The lowest BCUT2D eigenvalue weighted by Gasteiger charge is -2.22. The monoisotopic (exact) mass is 561 g/mol. The van der Waals surface area contributed by atoms with Crippen molar-refractivity contribution in [1.29, 1.82) is 0 Å². The van der Waals surface area contributed by atoms with Crippen molar-refractivity contribution in [3.05, 3.63) is 131 Å². The number of carbonyl (C=O) groups is 2. The molecule has 0 aliphatic rings. The molecule has 2 amide bonds. The van der Waals surface area contributed by atoms with Crippen LogP contribution in [0.15, 0.2) is 114 Å². The maximum atomic E-state index is 13.3. The average molecular weight is 562 g/mol. The van der Waals surface area contributed by atoms with Gasteiger partial charge in [0.2, 0.25) is 5.91 Å². The summed E-state index contributed by atoms with van der Waals surface area (Å²) in [5, 5.41) is 15.1. The smallest absolute Gasteiger partial charge is 0.255 e. The highest BCUT2D eigenvalue weighted by Crippen LogP contribution is 2.28. The lowest BCUT2D eigenvalue weighted by Crippen LogP contribution is -2.35. The van der Waals surface area contributed by atoms with E-state index in [1.807, 2.05) is 129 Å². The molecule has 7 nitrogen and oxygen atoms in total. The first-order valence-electron chi connectivity index (χ1n) is 13.3. The second kappa shape index (κ2) is 12.7. The van der Waals surface area contributed by atoms with E-state index in [1.54, 1.807) is 6.07 Å². The van der Waals surface area contributed by atoms with Gasteiger partial charge in [-0.3, -0.25) is 9.59 Å². The maximum Gasteiger partial charge on any atom is 0.255 e. The number of nitrogens with one attached hydrogen (secondary N) is 2. The van der Waals surface area contributed by atoms with Crippen LogP contribution in [-0.4, -0.2) is 31.8 Å². The molecule has 8 heteroatoms. The molecule has 1 unspecified atom stereocenters. The summed E-state index contributed by atoms with van der Waals surface area (Å²) in [6.45, 7) is 3.82. The zero-order valence-electron chi connectivity index (χ0n) is 23.1. The van der Waals surface area contributed by atoms with Gasteiger partial charge in [0.15, 0.2) is 11.0 Å². The fourth-order valence-corrected chi connectivity index (χ4v) is 5.31. The summed E-state index contributed by atoms with van der Waals surface area (Å²) in [7, 11) is 1.88. The Morgan fingerprint density at radius 2 is 1.44 bits per heavy atom. The number of rotatable bonds is 9. The minimum atomic E-state index is -0.403. The van der Waals surface area contributed by atoms with Gasteiger partial charge in [-0.25, -0.2) is 0 Å². The number of benzene rings is 4. The third kappa shape index (κ3) is 6.73. The van der Waals surface area contributed by atoms with Crippen LogP contribution in [0.4, 0.5) is 5.69 Å². The lowest BCUT2D eigenvalue weighted by atomic mass is 9.98. The van der Waals surface area contributed by atoms with Gasteiger partial charge in [-0.2, -0.15) is 0 Å². The molecule has 4 aromatic carbocycles. The number of amides is 2. The zero-order valence-corrected chi connectivity index (χ0v) is 23.9. The summed E-state index contributed by atoms with van der Waals surface area (Å²) in [5.41, 5.74) is 5.22. The first-order chi connectivity index (χ1) is 19.9. The molecule has 5 aromatic rings. The fourth-order valence-electron chi connectivity index (χ4n) is 4.48. The highest BCUT2D eigenvalue weighted by Gasteiger charge is 2.23. The van der Waals surface area contributed by atoms with E-state index in [0.29, 0.717) is 22.2 Å². The summed E-state index contributed by atoms with van der Waals surface area (Å²) < 4.78 is 1.88. The van der Waals surface area contributed by atoms with Crippen molar-refractivity contribution in [3.8, 4) is 11.4 Å². The minimum absolute atomic E-state index is 0.0917. The summed E-state index contributed by atoms with van der Waals surface area (Å²) in [6.07, 6.45) is 0. The molecular weight excluding hydrogens is 530 g/mol. The molecule has 5 rings (SSSR count). The van der Waals surface area contributed by atoms with Gasteiger partial charge in [0.25, 0.3) is 5.91 Å². The van der Waals surface area contributed by atoms with E-state index < -0.39 is 5.25 Å². The number of aromatic nitrogens is 3. The van der Waals surface area contributed by atoms with E-state index in [2.05, 4.69) is 20.8 Å². The van der Waals surface area contributed by atoms with E-state index in [4.69, 9.17) is 0 Å². The van der Waals surface area contributed by atoms with Gasteiger partial charge in [-0.15, -0.1) is 10.2 Å². The lowest BCUT2D eigenvalue weighted by molar-refractivity contribution is -0.120. The van der Waals surface area contributed by atoms with Crippen LogP contribution in [0.3, 0.4) is 0 Å². The van der Waals surface area contributed by atoms with E-state index in [0.717, 1.165) is 22.3 Å². The van der Waals surface area contributed by atoms with Gasteiger partial charge >= 0.3 is 0 Å². The summed E-state index contributed by atoms with van der Waals surface area (Å²) >= 11 is 1.36. The molecule has 0 aliphatic carbocycles. The predicted molar refractivity (Wildman–Crippen MR) is 164 cm³/mol. The van der Waals surface area contributed by atoms with Crippen LogP contribution < -0.4 is 10.6 Å². The topological polar surface area (TPSA) is 88.9 Å². The Hall–Kier alpha value is -4.69. The molecule has 1 atom stereocenters. The van der Waals surface area contributed by atoms with Gasteiger partial charge < -0.3 is 15.2 Å². The van der Waals surface area contributed by atoms with E-state index in [-0.39, 0.29) is 17.9 Å². The Bertz CT molecular complexity index is 1600. The van der Waals surface area contributed by atoms with Gasteiger partial charge in [0.05, 0.1) is 11.3 Å². The molecule has 206 valence electrons. The van der Waals surface area contributed by atoms with Crippen molar-refractivity contribution in [1.82, 2.24) is 20.1 Å². The van der Waals surface area contributed by atoms with E-state index in [9.17, 15) is 9.59 Å². The van der Waals surface area contributed by atoms with Crippen LogP contribution in [0.2, 0.25) is 0 Å². The Balaban J connectivity index is 1.25. The third-order valence-electron chi connectivity index (χ3n) is 6.72. The largest absolute Gasteiger partial charge is 0.344 e. The van der Waals surface area contributed by atoms with Crippen molar-refractivity contribution in [3.63, 3.8) is 0 Å². The molecular formula is C33H31N5O2S. The molecule has 0 fully saturated rings. The van der Waals surface area contributed by atoms with Gasteiger partial charge in [0, 0.05) is 23.9 Å². The number of nitrogens with zero attached hydrogens (tertiary/aromatic N) is 3. The van der Waals surface area contributed by atoms with Crippen molar-refractivity contribution < 1.29 is 9.59 Å². The Morgan fingerprint density at radius 1 is 0.805 bits per heavy atom.